The van der Waals surface area contributed by atoms with Crippen LogP contribution in [0.3, 0.4) is 0 Å². The highest BCUT2D eigenvalue weighted by Crippen LogP contribution is 2.17. The summed E-state index contributed by atoms with van der Waals surface area (Å²) in [5, 5.41) is 0. The molecule has 0 amide bonds. The van der Waals surface area contributed by atoms with Crippen LogP contribution in [-0.2, 0) is 28.6 Å². The Bertz CT molecular complexity index is 1590. The van der Waals surface area contributed by atoms with E-state index < -0.39 is 6.10 Å². The highest BCUT2D eigenvalue weighted by atomic mass is 16.6. The van der Waals surface area contributed by atoms with Crippen molar-refractivity contribution in [1.29, 1.82) is 0 Å². The number of ether oxygens (including phenoxy) is 3. The molecular formula is C76H132O6. The van der Waals surface area contributed by atoms with Crippen molar-refractivity contribution in [3.05, 3.63) is 97.2 Å². The van der Waals surface area contributed by atoms with Gasteiger partial charge in [-0.2, -0.15) is 0 Å². The van der Waals surface area contributed by atoms with Gasteiger partial charge in [0.05, 0.1) is 0 Å². The van der Waals surface area contributed by atoms with Crippen molar-refractivity contribution in [3.8, 4) is 0 Å². The maximum absolute atomic E-state index is 12.9. The van der Waals surface area contributed by atoms with Gasteiger partial charge in [0.15, 0.2) is 6.10 Å². The summed E-state index contributed by atoms with van der Waals surface area (Å²) in [6.45, 7) is 6.55. The number of carbonyl (C=O) groups is 3. The number of rotatable bonds is 64. The summed E-state index contributed by atoms with van der Waals surface area (Å²) >= 11 is 0. The fourth-order valence-electron chi connectivity index (χ4n) is 10.1. The Morgan fingerprint density at radius 1 is 0.256 bits per heavy atom. The second kappa shape index (κ2) is 69.8. The number of allylic oxidation sites excluding steroid dienone is 16. The van der Waals surface area contributed by atoms with E-state index in [1.165, 1.54) is 205 Å². The second-order valence-electron chi connectivity index (χ2n) is 23.4. The van der Waals surface area contributed by atoms with Gasteiger partial charge in [-0.05, 0) is 103 Å². The zero-order valence-electron chi connectivity index (χ0n) is 54.2. The van der Waals surface area contributed by atoms with Crippen LogP contribution in [0.5, 0.6) is 0 Å². The summed E-state index contributed by atoms with van der Waals surface area (Å²) in [6.07, 6.45) is 94.4. The summed E-state index contributed by atoms with van der Waals surface area (Å²) < 4.78 is 16.9. The molecule has 0 aliphatic heterocycles. The van der Waals surface area contributed by atoms with E-state index in [0.29, 0.717) is 19.3 Å². The lowest BCUT2D eigenvalue weighted by molar-refractivity contribution is -0.167. The Morgan fingerprint density at radius 3 is 0.756 bits per heavy atom. The normalized spacial score (nSPS) is 12.7. The van der Waals surface area contributed by atoms with Gasteiger partial charge in [0, 0.05) is 19.3 Å². The van der Waals surface area contributed by atoms with Gasteiger partial charge in [0.25, 0.3) is 0 Å². The van der Waals surface area contributed by atoms with Gasteiger partial charge in [0.1, 0.15) is 13.2 Å². The molecule has 0 fully saturated rings. The first-order chi connectivity index (χ1) is 40.5. The van der Waals surface area contributed by atoms with Crippen molar-refractivity contribution in [2.24, 2.45) is 0 Å². The molecule has 1 atom stereocenters. The lowest BCUT2D eigenvalue weighted by atomic mass is 10.0. The molecule has 0 N–H and O–H groups in total. The Morgan fingerprint density at radius 2 is 0.476 bits per heavy atom. The third-order valence-corrected chi connectivity index (χ3v) is 15.3. The van der Waals surface area contributed by atoms with E-state index in [4.69, 9.17) is 14.2 Å². The van der Waals surface area contributed by atoms with Gasteiger partial charge in [-0.25, -0.2) is 0 Å². The highest BCUT2D eigenvalue weighted by molar-refractivity contribution is 5.71. The number of carbonyl (C=O) groups excluding carboxylic acids is 3. The van der Waals surface area contributed by atoms with E-state index in [0.717, 1.165) is 103 Å². The third kappa shape index (κ3) is 67.1. The smallest absolute Gasteiger partial charge is 0.306 e. The van der Waals surface area contributed by atoms with E-state index in [1.807, 2.05) is 0 Å². The molecule has 0 saturated carbocycles. The Kier molecular flexibility index (Phi) is 66.7. The van der Waals surface area contributed by atoms with E-state index in [-0.39, 0.29) is 31.1 Å². The summed E-state index contributed by atoms with van der Waals surface area (Å²) in [7, 11) is 0. The van der Waals surface area contributed by atoms with Crippen LogP contribution in [0.2, 0.25) is 0 Å². The molecule has 0 heterocycles. The third-order valence-electron chi connectivity index (χ3n) is 15.3. The van der Waals surface area contributed by atoms with Crippen molar-refractivity contribution >= 4 is 17.9 Å². The molecule has 0 spiro atoms. The van der Waals surface area contributed by atoms with Crippen LogP contribution in [-0.4, -0.2) is 37.2 Å². The van der Waals surface area contributed by atoms with Crippen molar-refractivity contribution in [1.82, 2.24) is 0 Å². The van der Waals surface area contributed by atoms with Crippen LogP contribution in [0.25, 0.3) is 0 Å². The Labute approximate surface area is 508 Å². The Hall–Kier alpha value is -3.67. The predicted molar refractivity (Wildman–Crippen MR) is 357 cm³/mol. The number of unbranched alkanes of at least 4 members (excludes halogenated alkanes) is 37. The average Bonchev–Trinajstić information content (AvgIpc) is 3.47. The summed E-state index contributed by atoms with van der Waals surface area (Å²) in [4.78, 5) is 38.3. The molecule has 0 aliphatic carbocycles. The first-order valence-electron chi connectivity index (χ1n) is 35.2. The van der Waals surface area contributed by atoms with Gasteiger partial charge in [-0.3, -0.25) is 14.4 Å². The SMILES string of the molecule is CC/C=C\C/C=C\C/C=C\C/C=C\C/C=C\C/C=C\C/C=C\CCCCCCCCCCCCCCCC(=O)OCC(COC(=O)CCCCCCCCCCCCC)OC(=O)CCCCCCCCC/C=C\CCCCCCCCC. The van der Waals surface area contributed by atoms with Crippen LogP contribution in [0.4, 0.5) is 0 Å². The average molecular weight is 1140 g/mol. The summed E-state index contributed by atoms with van der Waals surface area (Å²) in [6, 6.07) is 0. The fraction of sp³-hybridized carbons (Fsp3) is 0.750. The molecule has 6 heteroatoms. The molecule has 0 aromatic rings. The molecule has 82 heavy (non-hydrogen) atoms. The van der Waals surface area contributed by atoms with Crippen molar-refractivity contribution in [2.75, 3.05) is 13.2 Å². The molecule has 0 aromatic carbocycles. The summed E-state index contributed by atoms with van der Waals surface area (Å²) in [5.41, 5.74) is 0. The monoisotopic (exact) mass is 1140 g/mol. The zero-order valence-corrected chi connectivity index (χ0v) is 54.2. The maximum atomic E-state index is 12.9. The van der Waals surface area contributed by atoms with Crippen LogP contribution in [0, 0.1) is 0 Å². The standard InChI is InChI=1S/C76H132O6/c1-4-7-10-13-16-19-22-24-26-28-30-31-32-33-34-35-36-37-38-39-40-41-42-43-44-45-46-48-49-51-54-57-60-63-66-69-75(78)81-72-73(71-80-74(77)68-65-62-59-56-53-21-18-15-12-9-6-3)82-76(79)70-67-64-61-58-55-52-50-47-29-27-25-23-20-17-14-11-8-5-2/h7,10,16,19,24,26-27,29-31,33-34,36-37,39-40,73H,4-6,8-9,11-15,17-18,20-23,25,28,32,35,38,41-72H2,1-3H3/b10-7-,19-16-,26-24-,29-27-,31-30-,34-33-,37-36-,40-39-. The largest absolute Gasteiger partial charge is 0.462 e. The molecule has 1 unspecified atom stereocenters. The second-order valence-corrected chi connectivity index (χ2v) is 23.4. The molecule has 0 saturated heterocycles. The molecule has 0 rings (SSSR count). The van der Waals surface area contributed by atoms with Crippen molar-refractivity contribution in [3.63, 3.8) is 0 Å². The lowest BCUT2D eigenvalue weighted by Gasteiger charge is -2.18. The van der Waals surface area contributed by atoms with Crippen LogP contribution < -0.4 is 0 Å². The van der Waals surface area contributed by atoms with Crippen molar-refractivity contribution < 1.29 is 28.6 Å². The van der Waals surface area contributed by atoms with Crippen LogP contribution in [0.1, 0.15) is 348 Å². The topological polar surface area (TPSA) is 78.9 Å². The molecular weight excluding hydrogens is 1010 g/mol. The maximum Gasteiger partial charge on any atom is 0.306 e. The van der Waals surface area contributed by atoms with Gasteiger partial charge in [-0.15, -0.1) is 0 Å². The van der Waals surface area contributed by atoms with E-state index in [1.54, 1.807) is 0 Å². The fourth-order valence-corrected chi connectivity index (χ4v) is 10.1. The quantitative estimate of drug-likeness (QED) is 0.0261. The first-order valence-corrected chi connectivity index (χ1v) is 35.2. The molecule has 0 bridgehead atoms. The van der Waals surface area contributed by atoms with Gasteiger partial charge >= 0.3 is 17.9 Å². The van der Waals surface area contributed by atoms with Gasteiger partial charge in [-0.1, -0.05) is 323 Å². The molecule has 0 radical (unpaired) electrons. The van der Waals surface area contributed by atoms with Crippen LogP contribution >= 0.6 is 0 Å². The van der Waals surface area contributed by atoms with E-state index in [9.17, 15) is 14.4 Å². The van der Waals surface area contributed by atoms with Gasteiger partial charge < -0.3 is 14.2 Å². The molecule has 0 aromatic heterocycles. The lowest BCUT2D eigenvalue weighted by Crippen LogP contribution is -2.30. The van der Waals surface area contributed by atoms with Gasteiger partial charge in [0.2, 0.25) is 0 Å². The number of hydrogen-bond acceptors (Lipinski definition) is 6. The molecule has 0 aliphatic rings. The minimum atomic E-state index is -0.777. The summed E-state index contributed by atoms with van der Waals surface area (Å²) in [5.74, 6) is -0.864. The minimum absolute atomic E-state index is 0.0741. The molecule has 472 valence electrons. The van der Waals surface area contributed by atoms with Crippen LogP contribution in [0.15, 0.2) is 97.2 Å². The van der Waals surface area contributed by atoms with E-state index >= 15 is 0 Å². The van der Waals surface area contributed by atoms with Crippen molar-refractivity contribution in [2.45, 2.75) is 354 Å². The highest BCUT2D eigenvalue weighted by Gasteiger charge is 2.19. The zero-order chi connectivity index (χ0) is 59.2. The number of esters is 3. The number of hydrogen-bond donors (Lipinski definition) is 0. The first kappa shape index (κ1) is 78.3. The predicted octanol–water partition coefficient (Wildman–Crippen LogP) is 24.4. The Balaban J connectivity index is 4.15. The molecule has 6 nitrogen and oxygen atoms in total. The van der Waals surface area contributed by atoms with E-state index in [2.05, 4.69) is 118 Å². The minimum Gasteiger partial charge on any atom is -0.462 e.